The molecule has 20 heavy (non-hydrogen) atoms. The van der Waals surface area contributed by atoms with Crippen LogP contribution in [0.2, 0.25) is 10.0 Å². The number of carbonyl (C=O) groups is 1. The highest BCUT2D eigenvalue weighted by molar-refractivity contribution is 6.36. The normalized spacial score (nSPS) is 14.8. The van der Waals surface area contributed by atoms with Crippen molar-refractivity contribution in [1.29, 1.82) is 0 Å². The zero-order valence-corrected chi connectivity index (χ0v) is 12.6. The number of hydrogen-bond donors (Lipinski definition) is 1. The molecule has 0 radical (unpaired) electrons. The zero-order valence-electron chi connectivity index (χ0n) is 10.3. The summed E-state index contributed by atoms with van der Waals surface area (Å²) in [6.07, 6.45) is 0.390. The second-order valence-electron chi connectivity index (χ2n) is 4.67. The molecule has 0 saturated heterocycles. The summed E-state index contributed by atoms with van der Waals surface area (Å²) in [5.74, 6) is 0.00722. The zero-order chi connectivity index (χ0) is 14.3. The van der Waals surface area contributed by atoms with Gasteiger partial charge >= 0.3 is 0 Å². The predicted octanol–water partition coefficient (Wildman–Crippen LogP) is 4.82. The topological polar surface area (TPSA) is 29.1 Å². The fourth-order valence-electron chi connectivity index (χ4n) is 2.29. The van der Waals surface area contributed by atoms with Crippen molar-refractivity contribution in [1.82, 2.24) is 0 Å². The lowest BCUT2D eigenvalue weighted by atomic mass is 10.0. The van der Waals surface area contributed by atoms with Gasteiger partial charge < -0.3 is 5.32 Å². The van der Waals surface area contributed by atoms with Crippen molar-refractivity contribution in [3.8, 4) is 0 Å². The highest BCUT2D eigenvalue weighted by Crippen LogP contribution is 2.37. The lowest BCUT2D eigenvalue weighted by molar-refractivity contribution is -0.115. The quantitative estimate of drug-likeness (QED) is 0.788. The molecule has 0 aliphatic carbocycles. The van der Waals surface area contributed by atoms with Crippen LogP contribution in [-0.4, -0.2) is 5.91 Å². The van der Waals surface area contributed by atoms with Gasteiger partial charge in [0.2, 0.25) is 5.91 Å². The molecular formula is C15H10Cl3NO. The van der Waals surface area contributed by atoms with E-state index in [-0.39, 0.29) is 11.3 Å². The number of hydrogen-bond acceptors (Lipinski definition) is 1. The standard InChI is InChI=1S/C15H10Cl3NO/c16-10-2-3-11(12(17)7-10)15(18)8-1-4-13-9(5-8)6-14(20)19-13/h1-5,7,15H,6H2,(H,19,20). The number of nitrogens with one attached hydrogen (secondary N) is 1. The maximum Gasteiger partial charge on any atom is 0.228 e. The van der Waals surface area contributed by atoms with Gasteiger partial charge in [-0.3, -0.25) is 4.79 Å². The van der Waals surface area contributed by atoms with Gasteiger partial charge in [0.1, 0.15) is 0 Å². The molecule has 3 rings (SSSR count). The Morgan fingerprint density at radius 2 is 1.90 bits per heavy atom. The van der Waals surface area contributed by atoms with E-state index in [1.807, 2.05) is 24.3 Å². The fourth-order valence-corrected chi connectivity index (χ4v) is 3.19. The van der Waals surface area contributed by atoms with Crippen LogP contribution in [0.1, 0.15) is 22.1 Å². The summed E-state index contributed by atoms with van der Waals surface area (Å²) in [6.45, 7) is 0. The number of halogens is 3. The number of rotatable bonds is 2. The lowest BCUT2D eigenvalue weighted by Crippen LogP contribution is -2.03. The molecule has 5 heteroatoms. The van der Waals surface area contributed by atoms with Gasteiger partial charge in [-0.1, -0.05) is 41.4 Å². The van der Waals surface area contributed by atoms with Crippen LogP contribution in [0.3, 0.4) is 0 Å². The Bertz CT molecular complexity index is 700. The summed E-state index contributed by atoms with van der Waals surface area (Å²) in [7, 11) is 0. The van der Waals surface area contributed by atoms with E-state index in [2.05, 4.69) is 5.32 Å². The van der Waals surface area contributed by atoms with Gasteiger partial charge in [0.05, 0.1) is 11.8 Å². The van der Waals surface area contributed by atoms with E-state index in [0.29, 0.717) is 16.5 Å². The summed E-state index contributed by atoms with van der Waals surface area (Å²) >= 11 is 18.6. The van der Waals surface area contributed by atoms with Crippen LogP contribution < -0.4 is 5.32 Å². The molecule has 0 bridgehead atoms. The van der Waals surface area contributed by atoms with E-state index >= 15 is 0 Å². The smallest absolute Gasteiger partial charge is 0.228 e. The van der Waals surface area contributed by atoms with Gasteiger partial charge in [-0.25, -0.2) is 0 Å². The summed E-state index contributed by atoms with van der Waals surface area (Å²) in [4.78, 5) is 11.4. The minimum Gasteiger partial charge on any atom is -0.326 e. The van der Waals surface area contributed by atoms with Gasteiger partial charge in [-0.2, -0.15) is 0 Å². The Balaban J connectivity index is 1.97. The number of benzene rings is 2. The maximum absolute atomic E-state index is 11.4. The van der Waals surface area contributed by atoms with Crippen LogP contribution in [0.4, 0.5) is 5.69 Å². The first-order chi connectivity index (χ1) is 9.54. The first kappa shape index (κ1) is 13.7. The third-order valence-corrected chi connectivity index (χ3v) is 4.33. The highest BCUT2D eigenvalue weighted by Gasteiger charge is 2.21. The van der Waals surface area contributed by atoms with Crippen molar-refractivity contribution in [2.45, 2.75) is 11.8 Å². The van der Waals surface area contributed by atoms with Gasteiger partial charge in [0.25, 0.3) is 0 Å². The molecular weight excluding hydrogens is 317 g/mol. The van der Waals surface area contributed by atoms with E-state index in [1.165, 1.54) is 0 Å². The SMILES string of the molecule is O=C1Cc2cc(C(Cl)c3ccc(Cl)cc3Cl)ccc2N1. The molecule has 1 amide bonds. The molecule has 1 N–H and O–H groups in total. The number of amides is 1. The third kappa shape index (κ3) is 2.51. The highest BCUT2D eigenvalue weighted by atomic mass is 35.5. The molecule has 1 heterocycles. The summed E-state index contributed by atoms with van der Waals surface area (Å²) in [6, 6.07) is 11.0. The van der Waals surface area contributed by atoms with Crippen LogP contribution in [0, 0.1) is 0 Å². The van der Waals surface area contributed by atoms with Crippen LogP contribution >= 0.6 is 34.8 Å². The number of fused-ring (bicyclic) bond motifs is 1. The van der Waals surface area contributed by atoms with E-state index in [0.717, 1.165) is 22.4 Å². The monoisotopic (exact) mass is 325 g/mol. The van der Waals surface area contributed by atoms with Crippen molar-refractivity contribution >= 4 is 46.4 Å². The number of alkyl halides is 1. The minimum atomic E-state index is -0.374. The van der Waals surface area contributed by atoms with Crippen LogP contribution in [0.25, 0.3) is 0 Å². The average molecular weight is 327 g/mol. The molecule has 2 aromatic carbocycles. The Hall–Kier alpha value is -1.22. The Morgan fingerprint density at radius 3 is 2.65 bits per heavy atom. The second kappa shape index (κ2) is 5.28. The van der Waals surface area contributed by atoms with Gasteiger partial charge in [0, 0.05) is 15.7 Å². The van der Waals surface area contributed by atoms with E-state index < -0.39 is 0 Å². The molecule has 0 spiro atoms. The molecule has 0 saturated carbocycles. The Kier molecular flexibility index (Phi) is 3.63. The van der Waals surface area contributed by atoms with Crippen molar-refractivity contribution in [2.24, 2.45) is 0 Å². The van der Waals surface area contributed by atoms with Crippen molar-refractivity contribution in [3.63, 3.8) is 0 Å². The van der Waals surface area contributed by atoms with Crippen LogP contribution in [-0.2, 0) is 11.2 Å². The summed E-state index contributed by atoms with van der Waals surface area (Å²) < 4.78 is 0. The van der Waals surface area contributed by atoms with Gasteiger partial charge in [-0.05, 0) is 34.9 Å². The molecule has 1 aliphatic heterocycles. The second-order valence-corrected chi connectivity index (χ2v) is 5.95. The first-order valence-electron chi connectivity index (χ1n) is 6.06. The lowest BCUT2D eigenvalue weighted by Gasteiger charge is -2.13. The molecule has 0 aromatic heterocycles. The van der Waals surface area contributed by atoms with Crippen LogP contribution in [0.15, 0.2) is 36.4 Å². The average Bonchev–Trinajstić information content (AvgIpc) is 2.77. The van der Waals surface area contributed by atoms with Gasteiger partial charge in [-0.15, -0.1) is 11.6 Å². The van der Waals surface area contributed by atoms with E-state index in [4.69, 9.17) is 34.8 Å². The summed E-state index contributed by atoms with van der Waals surface area (Å²) in [5, 5.41) is 3.53. The van der Waals surface area contributed by atoms with Crippen LogP contribution in [0.5, 0.6) is 0 Å². The van der Waals surface area contributed by atoms with Gasteiger partial charge in [0.15, 0.2) is 0 Å². The number of anilines is 1. The van der Waals surface area contributed by atoms with Crippen molar-refractivity contribution < 1.29 is 4.79 Å². The third-order valence-electron chi connectivity index (χ3n) is 3.28. The molecule has 102 valence electrons. The largest absolute Gasteiger partial charge is 0.326 e. The molecule has 2 nitrogen and oxygen atoms in total. The predicted molar refractivity (Wildman–Crippen MR) is 82.9 cm³/mol. The minimum absolute atomic E-state index is 0.00722. The van der Waals surface area contributed by atoms with E-state index in [9.17, 15) is 4.79 Å². The van der Waals surface area contributed by atoms with E-state index in [1.54, 1.807) is 12.1 Å². The number of carbonyl (C=O) groups excluding carboxylic acids is 1. The molecule has 1 aliphatic rings. The first-order valence-corrected chi connectivity index (χ1v) is 7.25. The molecule has 1 atom stereocenters. The molecule has 0 fully saturated rings. The maximum atomic E-state index is 11.4. The molecule has 2 aromatic rings. The summed E-state index contributed by atoms with van der Waals surface area (Å²) in [5.41, 5.74) is 3.52. The molecule has 1 unspecified atom stereocenters. The Labute approximate surface area is 131 Å². The Morgan fingerprint density at radius 1 is 1.10 bits per heavy atom. The fraction of sp³-hybridized carbons (Fsp3) is 0.133. The van der Waals surface area contributed by atoms with Crippen molar-refractivity contribution in [2.75, 3.05) is 5.32 Å². The van der Waals surface area contributed by atoms with Crippen molar-refractivity contribution in [3.05, 3.63) is 63.1 Å².